The Labute approximate surface area is 171 Å². The van der Waals surface area contributed by atoms with Gasteiger partial charge in [-0.25, -0.2) is 0 Å². The number of hydrogen-bond acceptors (Lipinski definition) is 3. The third-order valence-electron chi connectivity index (χ3n) is 4.25. The van der Waals surface area contributed by atoms with Crippen LogP contribution < -0.4 is 14.8 Å². The molecule has 0 fully saturated rings. The first-order valence-corrected chi connectivity index (χ1v) is 9.21. The van der Waals surface area contributed by atoms with Crippen LogP contribution >= 0.6 is 0 Å². The van der Waals surface area contributed by atoms with Gasteiger partial charge in [0.1, 0.15) is 11.5 Å². The van der Waals surface area contributed by atoms with Crippen LogP contribution in [0.2, 0.25) is 0 Å². The molecule has 0 spiro atoms. The molecule has 0 atom stereocenters. The van der Waals surface area contributed by atoms with Gasteiger partial charge in [0.05, 0.1) is 14.2 Å². The van der Waals surface area contributed by atoms with E-state index in [1.54, 1.807) is 20.3 Å². The number of ether oxygens (including phenoxy) is 2. The lowest BCUT2D eigenvalue weighted by atomic mass is 10.1. The predicted octanol–water partition coefficient (Wildman–Crippen LogP) is 5.53. The van der Waals surface area contributed by atoms with Crippen molar-refractivity contribution in [3.8, 4) is 11.5 Å². The van der Waals surface area contributed by atoms with Gasteiger partial charge in [-0.15, -0.1) is 0 Å². The Morgan fingerprint density at radius 2 is 1.31 bits per heavy atom. The Morgan fingerprint density at radius 3 is 1.93 bits per heavy atom. The second-order valence-electron chi connectivity index (χ2n) is 6.33. The molecule has 3 rings (SSSR count). The van der Waals surface area contributed by atoms with Gasteiger partial charge in [0.15, 0.2) is 0 Å². The molecule has 0 unspecified atom stereocenters. The maximum absolute atomic E-state index is 12.1. The highest BCUT2D eigenvalue weighted by atomic mass is 16.5. The fourth-order valence-electron chi connectivity index (χ4n) is 2.72. The van der Waals surface area contributed by atoms with Gasteiger partial charge in [-0.1, -0.05) is 54.6 Å². The van der Waals surface area contributed by atoms with Crippen LogP contribution in [0.15, 0.2) is 78.9 Å². The van der Waals surface area contributed by atoms with Crippen molar-refractivity contribution in [1.82, 2.24) is 0 Å². The molecule has 0 aliphatic rings. The van der Waals surface area contributed by atoms with E-state index in [9.17, 15) is 4.79 Å². The molecule has 4 nitrogen and oxygen atoms in total. The summed E-state index contributed by atoms with van der Waals surface area (Å²) in [6.45, 7) is 0. The molecule has 0 bridgehead atoms. The fourth-order valence-corrected chi connectivity index (χ4v) is 2.72. The first-order valence-electron chi connectivity index (χ1n) is 9.21. The predicted molar refractivity (Wildman–Crippen MR) is 119 cm³/mol. The molecule has 4 heteroatoms. The van der Waals surface area contributed by atoms with Crippen molar-refractivity contribution >= 4 is 29.8 Å². The second-order valence-corrected chi connectivity index (χ2v) is 6.33. The average molecular weight is 385 g/mol. The summed E-state index contributed by atoms with van der Waals surface area (Å²) >= 11 is 0. The minimum absolute atomic E-state index is 0.166. The first-order chi connectivity index (χ1) is 14.2. The van der Waals surface area contributed by atoms with Crippen molar-refractivity contribution in [3.05, 3.63) is 95.6 Å². The van der Waals surface area contributed by atoms with Gasteiger partial charge < -0.3 is 14.8 Å². The summed E-state index contributed by atoms with van der Waals surface area (Å²) in [4.78, 5) is 12.1. The molecular weight excluding hydrogens is 362 g/mol. The molecule has 146 valence electrons. The maximum Gasteiger partial charge on any atom is 0.248 e. The van der Waals surface area contributed by atoms with Crippen molar-refractivity contribution in [2.45, 2.75) is 0 Å². The zero-order valence-electron chi connectivity index (χ0n) is 16.5. The molecule has 0 saturated heterocycles. The number of benzene rings is 3. The summed E-state index contributed by atoms with van der Waals surface area (Å²) in [6, 6.07) is 23.1. The van der Waals surface area contributed by atoms with Crippen LogP contribution in [0.3, 0.4) is 0 Å². The average Bonchev–Trinajstić information content (AvgIpc) is 2.77. The van der Waals surface area contributed by atoms with Crippen molar-refractivity contribution in [2.75, 3.05) is 19.5 Å². The molecule has 0 aromatic heterocycles. The number of carbonyl (C=O) groups excluding carboxylic acids is 1. The lowest BCUT2D eigenvalue weighted by molar-refractivity contribution is -0.111. The Balaban J connectivity index is 1.62. The number of rotatable bonds is 7. The normalized spacial score (nSPS) is 11.0. The highest BCUT2D eigenvalue weighted by Gasteiger charge is 2.00. The second kappa shape index (κ2) is 9.95. The maximum atomic E-state index is 12.1. The molecule has 0 aliphatic heterocycles. The van der Waals surface area contributed by atoms with E-state index in [2.05, 4.69) is 5.32 Å². The third-order valence-corrected chi connectivity index (χ3v) is 4.25. The molecular formula is C25H23NO3. The minimum Gasteiger partial charge on any atom is -0.497 e. The van der Waals surface area contributed by atoms with Gasteiger partial charge in [0, 0.05) is 17.8 Å². The zero-order chi connectivity index (χ0) is 20.5. The van der Waals surface area contributed by atoms with Gasteiger partial charge in [-0.3, -0.25) is 4.79 Å². The Hall–Kier alpha value is -3.79. The first kappa shape index (κ1) is 20.0. The lowest BCUT2D eigenvalue weighted by Gasteiger charge is -2.06. The van der Waals surface area contributed by atoms with Gasteiger partial charge in [-0.05, 0) is 47.0 Å². The SMILES string of the molecule is COc1cc(/C=C/c2ccc(NC(=O)/C=C/c3ccccc3)cc2)cc(OC)c1. The molecule has 3 aromatic rings. The van der Waals surface area contributed by atoms with Crippen molar-refractivity contribution in [3.63, 3.8) is 0 Å². The van der Waals surface area contributed by atoms with Gasteiger partial charge in [-0.2, -0.15) is 0 Å². The summed E-state index contributed by atoms with van der Waals surface area (Å²) in [6.07, 6.45) is 7.30. The third kappa shape index (κ3) is 6.11. The standard InChI is InChI=1S/C25H23NO3/c1-28-23-16-21(17-24(18-23)29-2)9-8-20-10-13-22(14-11-20)26-25(27)15-12-19-6-4-3-5-7-19/h3-18H,1-2H3,(H,26,27)/b9-8+,15-12+. The molecule has 0 aliphatic carbocycles. The molecule has 1 amide bonds. The largest absolute Gasteiger partial charge is 0.497 e. The van der Waals surface area contributed by atoms with Gasteiger partial charge >= 0.3 is 0 Å². The van der Waals surface area contributed by atoms with Crippen molar-refractivity contribution < 1.29 is 14.3 Å². The summed E-state index contributed by atoms with van der Waals surface area (Å²) in [5.74, 6) is 1.32. The number of hydrogen-bond donors (Lipinski definition) is 1. The number of anilines is 1. The topological polar surface area (TPSA) is 47.6 Å². The number of nitrogens with one attached hydrogen (secondary N) is 1. The van der Waals surface area contributed by atoms with E-state index >= 15 is 0 Å². The van der Waals surface area contributed by atoms with Crippen LogP contribution in [0.5, 0.6) is 11.5 Å². The van der Waals surface area contributed by atoms with E-state index < -0.39 is 0 Å². The van der Waals surface area contributed by atoms with Crippen molar-refractivity contribution in [1.29, 1.82) is 0 Å². The fraction of sp³-hybridized carbons (Fsp3) is 0.0800. The zero-order valence-corrected chi connectivity index (χ0v) is 16.5. The molecule has 0 heterocycles. The van der Waals surface area contributed by atoms with Crippen LogP contribution in [0, 0.1) is 0 Å². The number of amides is 1. The van der Waals surface area contributed by atoms with Gasteiger partial charge in [0.2, 0.25) is 5.91 Å². The van der Waals surface area contributed by atoms with Crippen LogP contribution in [0.4, 0.5) is 5.69 Å². The summed E-state index contributed by atoms with van der Waals surface area (Å²) in [7, 11) is 3.26. The monoisotopic (exact) mass is 385 g/mol. The molecule has 29 heavy (non-hydrogen) atoms. The summed E-state index contributed by atoms with van der Waals surface area (Å²) in [5, 5.41) is 2.86. The van der Waals surface area contributed by atoms with Crippen LogP contribution in [0.1, 0.15) is 16.7 Å². The van der Waals surface area contributed by atoms with Crippen LogP contribution in [0.25, 0.3) is 18.2 Å². The highest BCUT2D eigenvalue weighted by Crippen LogP contribution is 2.24. The number of carbonyl (C=O) groups is 1. The summed E-state index contributed by atoms with van der Waals surface area (Å²) < 4.78 is 10.6. The number of methoxy groups -OCH3 is 2. The highest BCUT2D eigenvalue weighted by molar-refractivity contribution is 6.01. The smallest absolute Gasteiger partial charge is 0.248 e. The Bertz CT molecular complexity index is 984. The molecule has 0 saturated carbocycles. The van der Waals surface area contributed by atoms with Crippen LogP contribution in [-0.2, 0) is 4.79 Å². The minimum atomic E-state index is -0.166. The molecule has 0 radical (unpaired) electrons. The van der Waals surface area contributed by atoms with E-state index in [1.807, 2.05) is 84.9 Å². The van der Waals surface area contributed by atoms with E-state index in [4.69, 9.17) is 9.47 Å². The van der Waals surface area contributed by atoms with E-state index in [0.29, 0.717) is 0 Å². The van der Waals surface area contributed by atoms with Crippen LogP contribution in [-0.4, -0.2) is 20.1 Å². The molecule has 1 N–H and O–H groups in total. The molecule has 3 aromatic carbocycles. The lowest BCUT2D eigenvalue weighted by Crippen LogP contribution is -2.07. The Morgan fingerprint density at radius 1 is 0.724 bits per heavy atom. The van der Waals surface area contributed by atoms with Gasteiger partial charge in [0.25, 0.3) is 0 Å². The summed E-state index contributed by atoms with van der Waals surface area (Å²) in [5.41, 5.74) is 3.72. The van der Waals surface area contributed by atoms with E-state index in [0.717, 1.165) is 33.9 Å². The van der Waals surface area contributed by atoms with E-state index in [-0.39, 0.29) is 5.91 Å². The Kier molecular flexibility index (Phi) is 6.85. The quantitative estimate of drug-likeness (QED) is 0.430. The van der Waals surface area contributed by atoms with E-state index in [1.165, 1.54) is 6.08 Å². The van der Waals surface area contributed by atoms with Crippen molar-refractivity contribution in [2.24, 2.45) is 0 Å².